The lowest BCUT2D eigenvalue weighted by Crippen LogP contribution is -2.48. The third kappa shape index (κ3) is 3.80. The lowest BCUT2D eigenvalue weighted by molar-refractivity contribution is -0.118. The molecule has 1 amide bonds. The van der Waals surface area contributed by atoms with Crippen LogP contribution in [0.15, 0.2) is 41.2 Å². The Hall–Kier alpha value is -3.27. The highest BCUT2D eigenvalue weighted by atomic mass is 19.1. The zero-order valence-corrected chi connectivity index (χ0v) is 14.0. The Morgan fingerprint density at radius 3 is 2.74 bits per heavy atom. The van der Waals surface area contributed by atoms with Crippen molar-refractivity contribution in [3.8, 4) is 11.6 Å². The summed E-state index contributed by atoms with van der Waals surface area (Å²) >= 11 is 0. The normalized spacial score (nSPS) is 14.7. The van der Waals surface area contributed by atoms with Crippen LogP contribution in [0, 0.1) is 11.6 Å². The summed E-state index contributed by atoms with van der Waals surface area (Å²) in [6, 6.07) is 4.69. The van der Waals surface area contributed by atoms with E-state index < -0.39 is 11.6 Å². The predicted molar refractivity (Wildman–Crippen MR) is 89.5 cm³/mol. The molecule has 2 aromatic heterocycles. The van der Waals surface area contributed by atoms with E-state index in [1.807, 2.05) is 4.90 Å². The standard InChI is InChI=1S/C17H14F2N6O2/c18-11-2-3-13(12(19)6-11)22-14(26)9-25-7-10(8-25)17-23-16(24-27-17)15-20-4-1-5-21-15/h1-6,10H,7-9H2,(H,22,26). The van der Waals surface area contributed by atoms with Gasteiger partial charge in [-0.15, -0.1) is 0 Å². The zero-order chi connectivity index (χ0) is 18.8. The summed E-state index contributed by atoms with van der Waals surface area (Å²) in [5, 5.41) is 6.29. The lowest BCUT2D eigenvalue weighted by atomic mass is 10.0. The lowest BCUT2D eigenvalue weighted by Gasteiger charge is -2.36. The summed E-state index contributed by atoms with van der Waals surface area (Å²) in [5.41, 5.74) is -0.0529. The van der Waals surface area contributed by atoms with E-state index in [4.69, 9.17) is 4.52 Å². The van der Waals surface area contributed by atoms with Gasteiger partial charge in [0, 0.05) is 31.5 Å². The summed E-state index contributed by atoms with van der Waals surface area (Å²) in [7, 11) is 0. The van der Waals surface area contributed by atoms with Gasteiger partial charge in [-0.2, -0.15) is 4.98 Å². The van der Waals surface area contributed by atoms with Crippen LogP contribution in [-0.2, 0) is 4.79 Å². The van der Waals surface area contributed by atoms with Crippen LogP contribution in [-0.4, -0.2) is 50.5 Å². The summed E-state index contributed by atoms with van der Waals surface area (Å²) in [4.78, 5) is 26.3. The van der Waals surface area contributed by atoms with Crippen LogP contribution < -0.4 is 5.32 Å². The molecule has 4 rings (SSSR count). The molecule has 10 heteroatoms. The van der Waals surface area contributed by atoms with E-state index in [0.29, 0.717) is 30.6 Å². The van der Waals surface area contributed by atoms with Gasteiger partial charge in [0.25, 0.3) is 0 Å². The largest absolute Gasteiger partial charge is 0.338 e. The Morgan fingerprint density at radius 1 is 1.22 bits per heavy atom. The highest BCUT2D eigenvalue weighted by Gasteiger charge is 2.34. The van der Waals surface area contributed by atoms with Crippen molar-refractivity contribution in [2.45, 2.75) is 5.92 Å². The van der Waals surface area contributed by atoms with E-state index in [1.54, 1.807) is 18.5 Å². The van der Waals surface area contributed by atoms with Gasteiger partial charge in [-0.05, 0) is 18.2 Å². The number of amides is 1. The third-order valence-corrected chi connectivity index (χ3v) is 4.09. The zero-order valence-electron chi connectivity index (χ0n) is 14.0. The Morgan fingerprint density at radius 2 is 2.00 bits per heavy atom. The van der Waals surface area contributed by atoms with Crippen molar-refractivity contribution in [2.24, 2.45) is 0 Å². The van der Waals surface area contributed by atoms with Crippen molar-refractivity contribution in [3.05, 3.63) is 54.2 Å². The van der Waals surface area contributed by atoms with Crippen LogP contribution in [0.4, 0.5) is 14.5 Å². The average Bonchev–Trinajstić information content (AvgIpc) is 3.10. The van der Waals surface area contributed by atoms with Gasteiger partial charge in [-0.1, -0.05) is 5.16 Å². The van der Waals surface area contributed by atoms with E-state index in [2.05, 4.69) is 25.4 Å². The molecule has 1 N–H and O–H groups in total. The molecular weight excluding hydrogens is 358 g/mol. The molecule has 0 spiro atoms. The number of anilines is 1. The second-order valence-electron chi connectivity index (χ2n) is 6.09. The molecule has 1 saturated heterocycles. The Balaban J connectivity index is 1.30. The van der Waals surface area contributed by atoms with Crippen molar-refractivity contribution in [2.75, 3.05) is 25.0 Å². The third-order valence-electron chi connectivity index (χ3n) is 4.09. The molecule has 8 nitrogen and oxygen atoms in total. The van der Waals surface area contributed by atoms with Crippen LogP contribution >= 0.6 is 0 Å². The van der Waals surface area contributed by atoms with Gasteiger partial charge < -0.3 is 9.84 Å². The van der Waals surface area contributed by atoms with Crippen LogP contribution in [0.3, 0.4) is 0 Å². The summed E-state index contributed by atoms with van der Waals surface area (Å²) < 4.78 is 31.7. The quantitative estimate of drug-likeness (QED) is 0.730. The second-order valence-corrected chi connectivity index (χ2v) is 6.09. The Kier molecular flexibility index (Phi) is 4.55. The number of benzene rings is 1. The SMILES string of the molecule is O=C(CN1CC(c2nc(-c3ncccn3)no2)C1)Nc1ccc(F)cc1F. The van der Waals surface area contributed by atoms with Crippen LogP contribution in [0.25, 0.3) is 11.6 Å². The minimum absolute atomic E-state index is 0.00493. The summed E-state index contributed by atoms with van der Waals surface area (Å²) in [6.07, 6.45) is 3.18. The molecule has 0 saturated carbocycles. The van der Waals surface area contributed by atoms with Gasteiger partial charge in [0.05, 0.1) is 18.2 Å². The maximum Gasteiger partial charge on any atom is 0.240 e. The number of carbonyl (C=O) groups excluding carboxylic acids is 1. The van der Waals surface area contributed by atoms with Gasteiger partial charge in [0.1, 0.15) is 11.6 Å². The topological polar surface area (TPSA) is 97.0 Å². The number of hydrogen-bond acceptors (Lipinski definition) is 7. The van der Waals surface area contributed by atoms with Crippen molar-refractivity contribution in [3.63, 3.8) is 0 Å². The smallest absolute Gasteiger partial charge is 0.240 e. The molecule has 1 aliphatic rings. The molecule has 1 aromatic carbocycles. The summed E-state index contributed by atoms with van der Waals surface area (Å²) in [6.45, 7) is 1.18. The predicted octanol–water partition coefficient (Wildman–Crippen LogP) is 1.84. The first kappa shape index (κ1) is 17.2. The maximum atomic E-state index is 13.6. The number of nitrogens with zero attached hydrogens (tertiary/aromatic N) is 5. The van der Waals surface area contributed by atoms with E-state index in [9.17, 15) is 13.6 Å². The molecule has 1 aliphatic heterocycles. The van der Waals surface area contributed by atoms with Gasteiger partial charge in [0.15, 0.2) is 0 Å². The minimum Gasteiger partial charge on any atom is -0.338 e. The van der Waals surface area contributed by atoms with Crippen molar-refractivity contribution >= 4 is 11.6 Å². The van der Waals surface area contributed by atoms with Crippen LogP contribution in [0.2, 0.25) is 0 Å². The van der Waals surface area contributed by atoms with Gasteiger partial charge in [-0.25, -0.2) is 18.7 Å². The number of carbonyl (C=O) groups is 1. The average molecular weight is 372 g/mol. The molecular formula is C17H14F2N6O2. The number of halogens is 2. The van der Waals surface area contributed by atoms with Gasteiger partial charge in [-0.3, -0.25) is 9.69 Å². The fourth-order valence-corrected chi connectivity index (χ4v) is 2.75. The number of rotatable bonds is 5. The highest BCUT2D eigenvalue weighted by molar-refractivity contribution is 5.92. The van der Waals surface area contributed by atoms with Crippen molar-refractivity contribution in [1.82, 2.24) is 25.0 Å². The minimum atomic E-state index is -0.814. The first-order valence-electron chi connectivity index (χ1n) is 8.17. The number of aromatic nitrogens is 4. The molecule has 27 heavy (non-hydrogen) atoms. The van der Waals surface area contributed by atoms with E-state index in [1.165, 1.54) is 6.07 Å². The monoisotopic (exact) mass is 372 g/mol. The van der Waals surface area contributed by atoms with E-state index >= 15 is 0 Å². The maximum absolute atomic E-state index is 13.6. The summed E-state index contributed by atoms with van der Waals surface area (Å²) in [5.74, 6) is -0.743. The molecule has 3 heterocycles. The van der Waals surface area contributed by atoms with Gasteiger partial charge in [0.2, 0.25) is 23.4 Å². The number of nitrogens with one attached hydrogen (secondary N) is 1. The van der Waals surface area contributed by atoms with E-state index in [0.717, 1.165) is 12.1 Å². The molecule has 3 aromatic rings. The molecule has 0 unspecified atom stereocenters. The molecule has 138 valence electrons. The fraction of sp³-hybridized carbons (Fsp3) is 0.235. The fourth-order valence-electron chi connectivity index (χ4n) is 2.75. The van der Waals surface area contributed by atoms with Crippen LogP contribution in [0.1, 0.15) is 11.8 Å². The van der Waals surface area contributed by atoms with Crippen molar-refractivity contribution in [1.29, 1.82) is 0 Å². The number of hydrogen-bond donors (Lipinski definition) is 1. The molecule has 0 radical (unpaired) electrons. The number of likely N-dealkylation sites (tertiary alicyclic amines) is 1. The first-order chi connectivity index (χ1) is 13.1. The molecule has 1 fully saturated rings. The van der Waals surface area contributed by atoms with Crippen LogP contribution in [0.5, 0.6) is 0 Å². The first-order valence-corrected chi connectivity index (χ1v) is 8.17. The van der Waals surface area contributed by atoms with Gasteiger partial charge >= 0.3 is 0 Å². The van der Waals surface area contributed by atoms with Crippen molar-refractivity contribution < 1.29 is 18.1 Å². The molecule has 0 atom stereocenters. The van der Waals surface area contributed by atoms with E-state index in [-0.39, 0.29) is 24.1 Å². The highest BCUT2D eigenvalue weighted by Crippen LogP contribution is 2.26. The molecule has 0 aliphatic carbocycles. The Labute approximate surface area is 152 Å². The Bertz CT molecular complexity index is 959. The molecule has 0 bridgehead atoms. The second kappa shape index (κ2) is 7.16.